The topological polar surface area (TPSA) is 67.2 Å². The number of carbonyl (C=O) groups excluding carboxylic acids is 1. The summed E-state index contributed by atoms with van der Waals surface area (Å²) in [5.74, 6) is 1.05. The number of piperazine rings is 1. The number of anilines is 1. The maximum atomic E-state index is 12.7. The van der Waals surface area contributed by atoms with Gasteiger partial charge in [0.25, 0.3) is 0 Å². The summed E-state index contributed by atoms with van der Waals surface area (Å²) in [5.41, 5.74) is 2.78. The zero-order valence-corrected chi connectivity index (χ0v) is 18.3. The summed E-state index contributed by atoms with van der Waals surface area (Å²) in [6.45, 7) is 2.82. The number of rotatable bonds is 5. The van der Waals surface area contributed by atoms with Gasteiger partial charge in [-0.05, 0) is 30.2 Å². The van der Waals surface area contributed by atoms with Crippen molar-refractivity contribution in [2.24, 2.45) is 0 Å². The first-order valence-corrected chi connectivity index (χ1v) is 11.1. The molecule has 8 heteroatoms. The van der Waals surface area contributed by atoms with E-state index in [1.54, 1.807) is 17.2 Å². The minimum absolute atomic E-state index is 0.204. The third-order valence-corrected chi connectivity index (χ3v) is 6.03. The second kappa shape index (κ2) is 8.96. The first kappa shape index (κ1) is 20.5. The van der Waals surface area contributed by atoms with Crippen LogP contribution in [0.25, 0.3) is 16.7 Å². The normalized spacial score (nSPS) is 14.2. The Hall–Kier alpha value is -3.45. The Morgan fingerprint density at radius 2 is 1.78 bits per heavy atom. The Morgan fingerprint density at radius 1 is 0.969 bits per heavy atom. The maximum Gasteiger partial charge on any atom is 0.223 e. The van der Waals surface area contributed by atoms with E-state index in [2.05, 4.69) is 32.1 Å². The largest absolute Gasteiger partial charge is 0.352 e. The van der Waals surface area contributed by atoms with Crippen molar-refractivity contribution < 1.29 is 4.79 Å². The SMILES string of the molecule is O=C(CCc1ccccc1)N1CCN(c2ncnc3c2cnn3-c2cccc(Cl)c2)CC1. The Balaban J connectivity index is 1.27. The quantitative estimate of drug-likeness (QED) is 0.467. The Bertz CT molecular complexity index is 1230. The number of halogens is 1. The minimum Gasteiger partial charge on any atom is -0.352 e. The van der Waals surface area contributed by atoms with E-state index in [0.717, 1.165) is 42.0 Å². The van der Waals surface area contributed by atoms with Crippen molar-refractivity contribution in [3.63, 3.8) is 0 Å². The molecule has 0 spiro atoms. The van der Waals surface area contributed by atoms with Gasteiger partial charge >= 0.3 is 0 Å². The van der Waals surface area contributed by atoms with E-state index in [-0.39, 0.29) is 5.91 Å². The number of nitrogens with zero attached hydrogens (tertiary/aromatic N) is 6. The van der Waals surface area contributed by atoms with Gasteiger partial charge in [-0.1, -0.05) is 48.0 Å². The molecule has 0 saturated carbocycles. The van der Waals surface area contributed by atoms with Crippen LogP contribution in [0.4, 0.5) is 5.82 Å². The summed E-state index contributed by atoms with van der Waals surface area (Å²) in [5, 5.41) is 6.06. The summed E-state index contributed by atoms with van der Waals surface area (Å²) in [4.78, 5) is 25.8. The van der Waals surface area contributed by atoms with Crippen LogP contribution in [0.3, 0.4) is 0 Å². The smallest absolute Gasteiger partial charge is 0.223 e. The predicted molar refractivity (Wildman–Crippen MR) is 125 cm³/mol. The molecule has 0 N–H and O–H groups in total. The highest BCUT2D eigenvalue weighted by Crippen LogP contribution is 2.26. The first-order valence-electron chi connectivity index (χ1n) is 10.7. The summed E-state index contributed by atoms with van der Waals surface area (Å²) in [6.07, 6.45) is 4.67. The molecule has 1 aliphatic heterocycles. The van der Waals surface area contributed by atoms with Crippen LogP contribution >= 0.6 is 11.6 Å². The Kier molecular flexibility index (Phi) is 5.73. The molecule has 0 unspecified atom stereocenters. The summed E-state index contributed by atoms with van der Waals surface area (Å²) in [6, 6.07) is 17.7. The van der Waals surface area contributed by atoms with Gasteiger partial charge in [0, 0.05) is 37.6 Å². The highest BCUT2D eigenvalue weighted by Gasteiger charge is 2.24. The van der Waals surface area contributed by atoms with Crippen LogP contribution < -0.4 is 4.90 Å². The molecule has 1 amide bonds. The summed E-state index contributed by atoms with van der Waals surface area (Å²) >= 11 is 6.15. The van der Waals surface area contributed by atoms with E-state index in [0.29, 0.717) is 24.5 Å². The molecule has 4 aromatic rings. The standard InChI is InChI=1S/C24H23ClN6O/c25-19-7-4-8-20(15-19)31-24-21(16-28-31)23(26-17-27-24)30-13-11-29(12-14-30)22(32)10-9-18-5-2-1-3-6-18/h1-8,15-17H,9-14H2. The van der Waals surface area contributed by atoms with Crippen molar-refractivity contribution >= 4 is 34.4 Å². The highest BCUT2D eigenvalue weighted by molar-refractivity contribution is 6.30. The van der Waals surface area contributed by atoms with E-state index in [4.69, 9.17) is 11.6 Å². The van der Waals surface area contributed by atoms with Crippen LogP contribution in [0, 0.1) is 0 Å². The summed E-state index contributed by atoms with van der Waals surface area (Å²) < 4.78 is 1.77. The molecule has 7 nitrogen and oxygen atoms in total. The van der Waals surface area contributed by atoms with Gasteiger partial charge in [-0.2, -0.15) is 5.10 Å². The molecule has 162 valence electrons. The zero-order valence-electron chi connectivity index (χ0n) is 17.6. The number of hydrogen-bond acceptors (Lipinski definition) is 5. The van der Waals surface area contributed by atoms with Gasteiger partial charge in [-0.15, -0.1) is 0 Å². The molecule has 3 heterocycles. The number of fused-ring (bicyclic) bond motifs is 1. The van der Waals surface area contributed by atoms with Crippen molar-refractivity contribution in [1.82, 2.24) is 24.6 Å². The van der Waals surface area contributed by atoms with Crippen molar-refractivity contribution in [2.45, 2.75) is 12.8 Å². The fraction of sp³-hybridized carbons (Fsp3) is 0.250. The fourth-order valence-electron chi connectivity index (χ4n) is 4.10. The molecule has 5 rings (SSSR count). The van der Waals surface area contributed by atoms with Crippen LogP contribution in [0.2, 0.25) is 5.02 Å². The van der Waals surface area contributed by atoms with Crippen molar-refractivity contribution in [3.05, 3.63) is 77.7 Å². The molecule has 32 heavy (non-hydrogen) atoms. The third kappa shape index (κ3) is 4.16. The van der Waals surface area contributed by atoms with Crippen molar-refractivity contribution in [1.29, 1.82) is 0 Å². The molecular weight excluding hydrogens is 424 g/mol. The van der Waals surface area contributed by atoms with Crippen LogP contribution in [0.1, 0.15) is 12.0 Å². The van der Waals surface area contributed by atoms with E-state index in [1.807, 2.05) is 47.4 Å². The van der Waals surface area contributed by atoms with Gasteiger partial charge in [-0.25, -0.2) is 14.6 Å². The van der Waals surface area contributed by atoms with Crippen molar-refractivity contribution in [3.8, 4) is 5.69 Å². The fourth-order valence-corrected chi connectivity index (χ4v) is 4.29. The zero-order chi connectivity index (χ0) is 21.9. The lowest BCUT2D eigenvalue weighted by molar-refractivity contribution is -0.131. The Morgan fingerprint density at radius 3 is 2.56 bits per heavy atom. The molecule has 1 fully saturated rings. The lowest BCUT2D eigenvalue weighted by atomic mass is 10.1. The number of aromatic nitrogens is 4. The minimum atomic E-state index is 0.204. The molecule has 1 saturated heterocycles. The predicted octanol–water partition coefficient (Wildman–Crippen LogP) is 3.75. The molecule has 0 aliphatic carbocycles. The van der Waals surface area contributed by atoms with Gasteiger partial charge in [0.2, 0.25) is 5.91 Å². The van der Waals surface area contributed by atoms with Crippen LogP contribution in [0.15, 0.2) is 67.1 Å². The first-order chi connectivity index (χ1) is 15.7. The van der Waals surface area contributed by atoms with E-state index in [1.165, 1.54) is 5.56 Å². The lowest BCUT2D eigenvalue weighted by Gasteiger charge is -2.35. The molecule has 0 atom stereocenters. The second-order valence-corrected chi connectivity index (χ2v) is 8.26. The molecule has 2 aromatic carbocycles. The van der Waals surface area contributed by atoms with Crippen molar-refractivity contribution in [2.75, 3.05) is 31.1 Å². The third-order valence-electron chi connectivity index (χ3n) is 5.80. The van der Waals surface area contributed by atoms with Gasteiger partial charge in [0.15, 0.2) is 5.65 Å². The number of aryl methyl sites for hydroxylation is 1. The highest BCUT2D eigenvalue weighted by atomic mass is 35.5. The van der Waals surface area contributed by atoms with E-state index < -0.39 is 0 Å². The van der Waals surface area contributed by atoms with Crippen LogP contribution in [-0.4, -0.2) is 56.7 Å². The van der Waals surface area contributed by atoms with Crippen LogP contribution in [-0.2, 0) is 11.2 Å². The number of hydrogen-bond donors (Lipinski definition) is 0. The van der Waals surface area contributed by atoms with Gasteiger partial charge in [0.1, 0.15) is 12.1 Å². The molecular formula is C24H23ClN6O. The van der Waals surface area contributed by atoms with Gasteiger partial charge < -0.3 is 9.80 Å². The number of benzene rings is 2. The molecule has 1 aliphatic rings. The monoisotopic (exact) mass is 446 g/mol. The Labute approximate surface area is 191 Å². The summed E-state index contributed by atoms with van der Waals surface area (Å²) in [7, 11) is 0. The van der Waals surface area contributed by atoms with E-state index in [9.17, 15) is 4.79 Å². The van der Waals surface area contributed by atoms with E-state index >= 15 is 0 Å². The number of carbonyl (C=O) groups is 1. The second-order valence-electron chi connectivity index (χ2n) is 7.82. The lowest BCUT2D eigenvalue weighted by Crippen LogP contribution is -2.49. The maximum absolute atomic E-state index is 12.7. The molecule has 0 radical (unpaired) electrons. The molecule has 0 bridgehead atoms. The number of amides is 1. The van der Waals surface area contributed by atoms with Crippen LogP contribution in [0.5, 0.6) is 0 Å². The van der Waals surface area contributed by atoms with Gasteiger partial charge in [-0.3, -0.25) is 4.79 Å². The average molecular weight is 447 g/mol. The molecule has 2 aromatic heterocycles. The van der Waals surface area contributed by atoms with Gasteiger partial charge in [0.05, 0.1) is 17.3 Å². The average Bonchev–Trinajstić information content (AvgIpc) is 3.28.